The van der Waals surface area contributed by atoms with Gasteiger partial charge >= 0.3 is 0 Å². The summed E-state index contributed by atoms with van der Waals surface area (Å²) in [5, 5.41) is 16.3. The molecule has 0 saturated heterocycles. The molecule has 0 spiro atoms. The van der Waals surface area contributed by atoms with E-state index < -0.39 is 18.2 Å². The van der Waals surface area contributed by atoms with E-state index in [9.17, 15) is 14.7 Å². The molecule has 3 N–H and O–H groups in total. The van der Waals surface area contributed by atoms with Crippen LogP contribution in [-0.2, 0) is 9.59 Å². The van der Waals surface area contributed by atoms with Crippen molar-refractivity contribution in [1.82, 2.24) is 5.43 Å². The molecule has 0 aliphatic rings. The van der Waals surface area contributed by atoms with Crippen molar-refractivity contribution in [2.45, 2.75) is 13.3 Å². The van der Waals surface area contributed by atoms with Crippen molar-refractivity contribution in [3.63, 3.8) is 0 Å². The number of nitrogens with one attached hydrogen (secondary N) is 2. The Labute approximate surface area is 155 Å². The Kier molecular flexibility index (Phi) is 6.99. The summed E-state index contributed by atoms with van der Waals surface area (Å²) in [6.45, 7) is 2.21. The highest BCUT2D eigenvalue weighted by molar-refractivity contribution is 6.33. The summed E-state index contributed by atoms with van der Waals surface area (Å²) < 4.78 is 5.26. The lowest BCUT2D eigenvalue weighted by atomic mass is 10.2. The number of nitrogens with zero attached hydrogens (tertiary/aromatic N) is 1. The second kappa shape index (κ2) is 9.43. The Morgan fingerprint density at radius 1 is 1.23 bits per heavy atom. The van der Waals surface area contributed by atoms with Gasteiger partial charge in [-0.2, -0.15) is 5.10 Å². The summed E-state index contributed by atoms with van der Waals surface area (Å²) in [6, 6.07) is 11.4. The first-order valence-corrected chi connectivity index (χ1v) is 8.19. The van der Waals surface area contributed by atoms with Gasteiger partial charge in [0.2, 0.25) is 11.8 Å². The summed E-state index contributed by atoms with van der Waals surface area (Å²) in [7, 11) is 0. The van der Waals surface area contributed by atoms with Crippen molar-refractivity contribution in [2.24, 2.45) is 5.10 Å². The van der Waals surface area contributed by atoms with Crippen LogP contribution >= 0.6 is 11.6 Å². The predicted molar refractivity (Wildman–Crippen MR) is 99.7 cm³/mol. The molecule has 0 unspecified atom stereocenters. The van der Waals surface area contributed by atoms with Crippen LogP contribution in [-0.4, -0.2) is 29.7 Å². The Balaban J connectivity index is 1.86. The van der Waals surface area contributed by atoms with Crippen molar-refractivity contribution in [3.8, 4) is 11.5 Å². The van der Waals surface area contributed by atoms with E-state index in [0.717, 1.165) is 0 Å². The van der Waals surface area contributed by atoms with Crippen LogP contribution in [0.1, 0.15) is 18.9 Å². The number of phenolic OH excluding ortho intramolecular Hbond substituents is 1. The molecule has 2 aromatic carbocycles. The third kappa shape index (κ3) is 5.78. The minimum absolute atomic E-state index is 0.0179. The summed E-state index contributed by atoms with van der Waals surface area (Å²) in [5.74, 6) is -0.741. The monoisotopic (exact) mass is 375 g/mol. The van der Waals surface area contributed by atoms with Crippen molar-refractivity contribution >= 4 is 35.3 Å². The maximum Gasteiger partial charge on any atom is 0.249 e. The van der Waals surface area contributed by atoms with Crippen LogP contribution in [0, 0.1) is 0 Å². The van der Waals surface area contributed by atoms with Crippen molar-refractivity contribution < 1.29 is 19.4 Å². The SMILES string of the molecule is CCOc1cc(C=NNC(=O)CC(=O)Nc2ccccc2Cl)ccc1O. The molecule has 26 heavy (non-hydrogen) atoms. The molecule has 0 radical (unpaired) electrons. The van der Waals surface area contributed by atoms with Gasteiger partial charge < -0.3 is 15.2 Å². The average Bonchev–Trinajstić information content (AvgIpc) is 2.60. The average molecular weight is 376 g/mol. The number of amides is 2. The van der Waals surface area contributed by atoms with E-state index in [-0.39, 0.29) is 5.75 Å². The first kappa shape index (κ1) is 19.3. The molecular weight excluding hydrogens is 358 g/mol. The van der Waals surface area contributed by atoms with Gasteiger partial charge in [0, 0.05) is 0 Å². The van der Waals surface area contributed by atoms with Gasteiger partial charge in [0.05, 0.1) is 23.5 Å². The quantitative estimate of drug-likeness (QED) is 0.393. The number of aromatic hydroxyl groups is 1. The lowest BCUT2D eigenvalue weighted by Gasteiger charge is -2.06. The van der Waals surface area contributed by atoms with Gasteiger partial charge in [0.25, 0.3) is 0 Å². The third-order valence-electron chi connectivity index (χ3n) is 3.16. The maximum absolute atomic E-state index is 11.8. The Bertz CT molecular complexity index is 824. The highest BCUT2D eigenvalue weighted by Gasteiger charge is 2.10. The number of hydrogen-bond donors (Lipinski definition) is 3. The van der Waals surface area contributed by atoms with Gasteiger partial charge in [-0.3, -0.25) is 9.59 Å². The van der Waals surface area contributed by atoms with Crippen LogP contribution in [0.25, 0.3) is 0 Å². The molecule has 136 valence electrons. The zero-order valence-corrected chi connectivity index (χ0v) is 14.8. The number of halogens is 1. The molecule has 0 aromatic heterocycles. The predicted octanol–water partition coefficient (Wildman–Crippen LogP) is 2.92. The van der Waals surface area contributed by atoms with Gasteiger partial charge in [-0.1, -0.05) is 23.7 Å². The second-order valence-corrected chi connectivity index (χ2v) is 5.57. The van der Waals surface area contributed by atoms with E-state index in [0.29, 0.717) is 28.6 Å². The molecule has 0 fully saturated rings. The Morgan fingerprint density at radius 3 is 2.73 bits per heavy atom. The van der Waals surface area contributed by atoms with E-state index in [1.807, 2.05) is 0 Å². The van der Waals surface area contributed by atoms with Crippen LogP contribution in [0.4, 0.5) is 5.69 Å². The number of phenols is 1. The molecule has 0 aliphatic heterocycles. The van der Waals surface area contributed by atoms with Crippen LogP contribution in [0.15, 0.2) is 47.6 Å². The first-order valence-electron chi connectivity index (χ1n) is 7.81. The molecule has 2 amide bonds. The van der Waals surface area contributed by atoms with E-state index in [1.54, 1.807) is 43.3 Å². The zero-order valence-electron chi connectivity index (χ0n) is 14.0. The number of para-hydroxylation sites is 1. The second-order valence-electron chi connectivity index (χ2n) is 5.16. The topological polar surface area (TPSA) is 100 Å². The molecular formula is C18H18ClN3O4. The number of carbonyl (C=O) groups excluding carboxylic acids is 2. The van der Waals surface area contributed by atoms with Crippen LogP contribution in [0.5, 0.6) is 11.5 Å². The number of benzene rings is 2. The normalized spacial score (nSPS) is 10.5. The van der Waals surface area contributed by atoms with Gasteiger partial charge in [-0.05, 0) is 42.8 Å². The van der Waals surface area contributed by atoms with Crippen molar-refractivity contribution in [3.05, 3.63) is 53.1 Å². The molecule has 2 rings (SSSR count). The fraction of sp³-hybridized carbons (Fsp3) is 0.167. The summed E-state index contributed by atoms with van der Waals surface area (Å²) in [5.41, 5.74) is 3.31. The highest BCUT2D eigenvalue weighted by Crippen LogP contribution is 2.26. The van der Waals surface area contributed by atoms with Gasteiger partial charge in [0.15, 0.2) is 11.5 Å². The van der Waals surface area contributed by atoms with Crippen molar-refractivity contribution in [1.29, 1.82) is 0 Å². The van der Waals surface area contributed by atoms with E-state index in [4.69, 9.17) is 16.3 Å². The Hall–Kier alpha value is -3.06. The summed E-state index contributed by atoms with van der Waals surface area (Å²) in [4.78, 5) is 23.6. The van der Waals surface area contributed by atoms with Crippen LogP contribution in [0.3, 0.4) is 0 Å². The van der Waals surface area contributed by atoms with Crippen LogP contribution < -0.4 is 15.5 Å². The lowest BCUT2D eigenvalue weighted by Crippen LogP contribution is -2.24. The molecule has 0 aliphatic carbocycles. The largest absolute Gasteiger partial charge is 0.504 e. The standard InChI is InChI=1S/C18H18ClN3O4/c1-2-26-16-9-12(7-8-15(16)23)11-20-22-18(25)10-17(24)21-14-6-4-3-5-13(14)19/h3-9,11,23H,2,10H2,1H3,(H,21,24)(H,22,25). The van der Waals surface area contributed by atoms with E-state index >= 15 is 0 Å². The number of hydrazone groups is 1. The fourth-order valence-electron chi connectivity index (χ4n) is 2.00. The fourth-order valence-corrected chi connectivity index (χ4v) is 2.19. The summed E-state index contributed by atoms with van der Waals surface area (Å²) in [6.07, 6.45) is 0.980. The number of hydrogen-bond acceptors (Lipinski definition) is 5. The molecule has 8 heteroatoms. The van der Waals surface area contributed by atoms with E-state index in [1.165, 1.54) is 12.3 Å². The zero-order chi connectivity index (χ0) is 18.9. The number of ether oxygens (including phenoxy) is 1. The lowest BCUT2D eigenvalue weighted by molar-refractivity contribution is -0.126. The number of carbonyl (C=O) groups is 2. The maximum atomic E-state index is 11.8. The molecule has 2 aromatic rings. The van der Waals surface area contributed by atoms with Crippen molar-refractivity contribution in [2.75, 3.05) is 11.9 Å². The molecule has 0 heterocycles. The van der Waals surface area contributed by atoms with Gasteiger partial charge in [-0.15, -0.1) is 0 Å². The molecule has 0 bridgehead atoms. The number of rotatable bonds is 7. The molecule has 7 nitrogen and oxygen atoms in total. The molecule has 0 saturated carbocycles. The smallest absolute Gasteiger partial charge is 0.249 e. The third-order valence-corrected chi connectivity index (χ3v) is 3.49. The van der Waals surface area contributed by atoms with Gasteiger partial charge in [0.1, 0.15) is 6.42 Å². The van der Waals surface area contributed by atoms with E-state index in [2.05, 4.69) is 15.8 Å². The van der Waals surface area contributed by atoms with Gasteiger partial charge in [-0.25, -0.2) is 5.43 Å². The number of anilines is 1. The Morgan fingerprint density at radius 2 is 2.00 bits per heavy atom. The summed E-state index contributed by atoms with van der Waals surface area (Å²) >= 11 is 5.94. The minimum atomic E-state index is -0.574. The van der Waals surface area contributed by atoms with Crippen LogP contribution in [0.2, 0.25) is 5.02 Å². The first-order chi connectivity index (χ1) is 12.5. The molecule has 0 atom stereocenters. The highest BCUT2D eigenvalue weighted by atomic mass is 35.5. The minimum Gasteiger partial charge on any atom is -0.504 e.